The van der Waals surface area contributed by atoms with E-state index in [0.29, 0.717) is 33.8 Å². The third-order valence-corrected chi connectivity index (χ3v) is 6.33. The highest BCUT2D eigenvalue weighted by Gasteiger charge is 2.33. The van der Waals surface area contributed by atoms with Crippen molar-refractivity contribution < 1.29 is 19.1 Å². The number of anilines is 2. The summed E-state index contributed by atoms with van der Waals surface area (Å²) in [4.78, 5) is 31.7. The number of nitrogens with zero attached hydrogens (tertiary/aromatic N) is 2. The molecule has 1 unspecified atom stereocenters. The smallest absolute Gasteiger partial charge is 0.268 e. The molecule has 0 saturated heterocycles. The van der Waals surface area contributed by atoms with E-state index in [1.54, 1.807) is 49.6 Å². The molecule has 2 aromatic carbocycles. The Labute approximate surface area is 205 Å². The molecule has 2 amide bonds. The zero-order chi connectivity index (χ0) is 23.5. The van der Waals surface area contributed by atoms with Gasteiger partial charge in [-0.2, -0.15) is 0 Å². The molecule has 1 aliphatic heterocycles. The van der Waals surface area contributed by atoms with Gasteiger partial charge in [0.2, 0.25) is 5.91 Å². The fourth-order valence-corrected chi connectivity index (χ4v) is 4.76. The molecule has 1 aromatic heterocycles. The van der Waals surface area contributed by atoms with Gasteiger partial charge in [0.25, 0.3) is 5.91 Å². The highest BCUT2D eigenvalue weighted by atomic mass is 35.5. The second kappa shape index (κ2) is 10.1. The molecular weight excluding hydrogens is 485 g/mol. The van der Waals surface area contributed by atoms with Crippen LogP contribution in [0.2, 0.25) is 10.0 Å². The number of thiazole rings is 1. The van der Waals surface area contributed by atoms with Gasteiger partial charge in [-0.05, 0) is 43.3 Å². The molecule has 0 radical (unpaired) electrons. The Bertz CT molecular complexity index is 1180. The van der Waals surface area contributed by atoms with Crippen LogP contribution >= 0.6 is 34.5 Å². The number of rotatable bonds is 7. The Hall–Kier alpha value is -2.65. The summed E-state index contributed by atoms with van der Waals surface area (Å²) in [6, 6.07) is 10.3. The van der Waals surface area contributed by atoms with Crippen molar-refractivity contribution in [1.29, 1.82) is 0 Å². The van der Waals surface area contributed by atoms with E-state index in [9.17, 15) is 9.59 Å². The SMILES string of the molecule is COCCc1nc(-c2ccc3c(c2)N(CC(=O)Nc2cc(Cl)cc(Cl)c2)C(=O)C(C)O3)cs1. The summed E-state index contributed by atoms with van der Waals surface area (Å²) in [5.41, 5.74) is 2.58. The molecule has 1 aliphatic rings. The summed E-state index contributed by atoms with van der Waals surface area (Å²) in [7, 11) is 1.65. The molecule has 7 nitrogen and oxygen atoms in total. The maximum absolute atomic E-state index is 12.9. The molecule has 0 fully saturated rings. The van der Waals surface area contributed by atoms with Crippen LogP contribution < -0.4 is 15.0 Å². The molecule has 1 N–H and O–H groups in total. The number of carbonyl (C=O) groups excluding carboxylic acids is 2. The lowest BCUT2D eigenvalue weighted by Gasteiger charge is -2.32. The van der Waals surface area contributed by atoms with Crippen molar-refractivity contribution in [2.45, 2.75) is 19.4 Å². The highest BCUT2D eigenvalue weighted by Crippen LogP contribution is 2.38. The van der Waals surface area contributed by atoms with Crippen molar-refractivity contribution >= 4 is 57.7 Å². The predicted molar refractivity (Wildman–Crippen MR) is 131 cm³/mol. The number of ether oxygens (including phenoxy) is 2. The van der Waals surface area contributed by atoms with Gasteiger partial charge < -0.3 is 14.8 Å². The Morgan fingerprint density at radius 2 is 2.00 bits per heavy atom. The fourth-order valence-electron chi connectivity index (χ4n) is 3.45. The first kappa shape index (κ1) is 23.5. The van der Waals surface area contributed by atoms with E-state index in [1.807, 2.05) is 17.5 Å². The van der Waals surface area contributed by atoms with E-state index in [0.717, 1.165) is 22.7 Å². The van der Waals surface area contributed by atoms with Crippen molar-refractivity contribution in [3.63, 3.8) is 0 Å². The summed E-state index contributed by atoms with van der Waals surface area (Å²) in [5.74, 6) is -0.167. The average molecular weight is 506 g/mol. The molecule has 0 spiro atoms. The van der Waals surface area contributed by atoms with Crippen LogP contribution in [-0.2, 0) is 20.7 Å². The molecular formula is C23H21Cl2N3O4S. The number of aromatic nitrogens is 1. The Balaban J connectivity index is 1.58. The first-order chi connectivity index (χ1) is 15.8. The molecule has 1 atom stereocenters. The number of benzene rings is 2. The summed E-state index contributed by atoms with van der Waals surface area (Å²) in [5, 5.41) is 6.46. The van der Waals surface area contributed by atoms with E-state index >= 15 is 0 Å². The lowest BCUT2D eigenvalue weighted by Crippen LogP contribution is -2.47. The van der Waals surface area contributed by atoms with Crippen LogP contribution in [0.3, 0.4) is 0 Å². The van der Waals surface area contributed by atoms with Gasteiger partial charge in [-0.1, -0.05) is 23.2 Å². The Morgan fingerprint density at radius 3 is 2.73 bits per heavy atom. The lowest BCUT2D eigenvalue weighted by atomic mass is 10.1. The van der Waals surface area contributed by atoms with Crippen molar-refractivity contribution in [1.82, 2.24) is 4.98 Å². The quantitative estimate of drug-likeness (QED) is 0.485. The minimum absolute atomic E-state index is 0.191. The number of methoxy groups -OCH3 is 1. The van der Waals surface area contributed by atoms with Crippen LogP contribution in [-0.4, -0.2) is 43.2 Å². The molecule has 33 heavy (non-hydrogen) atoms. The van der Waals surface area contributed by atoms with Crippen LogP contribution in [0.1, 0.15) is 11.9 Å². The number of carbonyl (C=O) groups is 2. The van der Waals surface area contributed by atoms with Gasteiger partial charge in [0, 0.05) is 40.2 Å². The number of fused-ring (bicyclic) bond motifs is 1. The fraction of sp³-hybridized carbons (Fsp3) is 0.261. The second-order valence-corrected chi connectivity index (χ2v) is 9.26. The summed E-state index contributed by atoms with van der Waals surface area (Å²) in [6.07, 6.45) is 0.0158. The van der Waals surface area contributed by atoms with Crippen LogP contribution in [0, 0.1) is 0 Å². The maximum Gasteiger partial charge on any atom is 0.268 e. The third kappa shape index (κ3) is 5.47. The van der Waals surface area contributed by atoms with E-state index in [1.165, 1.54) is 4.90 Å². The highest BCUT2D eigenvalue weighted by molar-refractivity contribution is 7.09. The normalized spacial score (nSPS) is 15.2. The zero-order valence-electron chi connectivity index (χ0n) is 17.9. The van der Waals surface area contributed by atoms with Gasteiger partial charge in [-0.15, -0.1) is 11.3 Å². The third-order valence-electron chi connectivity index (χ3n) is 4.98. The van der Waals surface area contributed by atoms with Gasteiger partial charge in [0.05, 0.1) is 23.0 Å². The predicted octanol–water partition coefficient (Wildman–Crippen LogP) is 5.06. The van der Waals surface area contributed by atoms with E-state index in [2.05, 4.69) is 10.3 Å². The van der Waals surface area contributed by atoms with E-state index < -0.39 is 6.10 Å². The van der Waals surface area contributed by atoms with Crippen molar-refractivity contribution in [3.8, 4) is 17.0 Å². The Morgan fingerprint density at radius 1 is 1.24 bits per heavy atom. The summed E-state index contributed by atoms with van der Waals surface area (Å²) < 4.78 is 10.9. The molecule has 172 valence electrons. The molecule has 3 aromatic rings. The van der Waals surface area contributed by atoms with Gasteiger partial charge in [-0.3, -0.25) is 14.5 Å². The zero-order valence-corrected chi connectivity index (χ0v) is 20.3. The number of nitrogens with one attached hydrogen (secondary N) is 1. The number of hydrogen-bond acceptors (Lipinski definition) is 6. The van der Waals surface area contributed by atoms with E-state index in [-0.39, 0.29) is 18.4 Å². The summed E-state index contributed by atoms with van der Waals surface area (Å²) in [6.45, 7) is 2.06. The molecule has 0 aliphatic carbocycles. The average Bonchev–Trinajstić information content (AvgIpc) is 3.23. The van der Waals surface area contributed by atoms with Crippen molar-refractivity contribution in [2.75, 3.05) is 30.5 Å². The maximum atomic E-state index is 12.9. The van der Waals surface area contributed by atoms with E-state index in [4.69, 9.17) is 32.7 Å². The largest absolute Gasteiger partial charge is 0.479 e. The molecule has 0 bridgehead atoms. The first-order valence-electron chi connectivity index (χ1n) is 10.2. The molecule has 2 heterocycles. The van der Waals surface area contributed by atoms with Gasteiger partial charge in [0.15, 0.2) is 6.10 Å². The van der Waals surface area contributed by atoms with Crippen LogP contribution in [0.25, 0.3) is 11.3 Å². The summed E-state index contributed by atoms with van der Waals surface area (Å²) >= 11 is 13.6. The lowest BCUT2D eigenvalue weighted by molar-refractivity contribution is -0.127. The standard InChI is InChI=1S/C23H21Cl2N3O4S/c1-13-23(30)28(11-21(29)26-17-9-15(24)8-16(25)10-17)19-7-14(3-4-20(19)32-13)18-12-33-22(27-18)5-6-31-2/h3-4,7-10,12-13H,5-6,11H2,1-2H3,(H,26,29). The first-order valence-corrected chi connectivity index (χ1v) is 11.8. The van der Waals surface area contributed by atoms with Crippen LogP contribution in [0.15, 0.2) is 41.8 Å². The van der Waals surface area contributed by atoms with Gasteiger partial charge in [0.1, 0.15) is 12.3 Å². The van der Waals surface area contributed by atoms with Crippen molar-refractivity contribution in [2.24, 2.45) is 0 Å². The minimum atomic E-state index is -0.711. The second-order valence-electron chi connectivity index (χ2n) is 7.44. The minimum Gasteiger partial charge on any atom is -0.479 e. The molecule has 4 rings (SSSR count). The Kier molecular flexibility index (Phi) is 7.19. The monoisotopic (exact) mass is 505 g/mol. The number of halogens is 2. The van der Waals surface area contributed by atoms with Gasteiger partial charge >= 0.3 is 0 Å². The van der Waals surface area contributed by atoms with Gasteiger partial charge in [-0.25, -0.2) is 4.98 Å². The molecule has 0 saturated carbocycles. The van der Waals surface area contributed by atoms with Crippen LogP contribution in [0.5, 0.6) is 5.75 Å². The molecule has 10 heteroatoms. The van der Waals surface area contributed by atoms with Crippen LogP contribution in [0.4, 0.5) is 11.4 Å². The topological polar surface area (TPSA) is 80.8 Å². The number of hydrogen-bond donors (Lipinski definition) is 1. The number of amides is 2. The van der Waals surface area contributed by atoms with Crippen molar-refractivity contribution in [3.05, 3.63) is 56.8 Å².